The molecule has 0 saturated heterocycles. The van der Waals surface area contributed by atoms with Gasteiger partial charge in [0, 0.05) is 19.0 Å². The second-order valence-corrected chi connectivity index (χ2v) is 5.76. The molecule has 1 aromatic carbocycles. The van der Waals surface area contributed by atoms with E-state index in [2.05, 4.69) is 10.6 Å². The number of hydrogen-bond donors (Lipinski definition) is 3. The Bertz CT molecular complexity index is 637. The molecule has 0 unspecified atom stereocenters. The van der Waals surface area contributed by atoms with E-state index in [-0.39, 0.29) is 18.2 Å². The summed E-state index contributed by atoms with van der Waals surface area (Å²) in [5, 5.41) is 14.6. The fourth-order valence-electron chi connectivity index (χ4n) is 2.66. The average Bonchev–Trinajstić information content (AvgIpc) is 2.42. The van der Waals surface area contributed by atoms with E-state index in [0.29, 0.717) is 30.0 Å². The largest absolute Gasteiger partial charge is 0.495 e. The van der Waals surface area contributed by atoms with Crippen LogP contribution in [0.5, 0.6) is 5.75 Å². The molecule has 0 aliphatic heterocycles. The molecule has 0 aromatic heterocycles. The van der Waals surface area contributed by atoms with Crippen molar-refractivity contribution in [2.24, 2.45) is 5.41 Å². The molecule has 3 N–H and O–H groups in total. The predicted octanol–water partition coefficient (Wildman–Crippen LogP) is 2.24. The summed E-state index contributed by atoms with van der Waals surface area (Å²) in [7, 11) is 1.47. The maximum atomic E-state index is 12.2. The number of aliphatic carboxylic acids is 1. The van der Waals surface area contributed by atoms with Gasteiger partial charge in [0.15, 0.2) is 0 Å². The van der Waals surface area contributed by atoms with Crippen LogP contribution < -0.4 is 15.4 Å². The van der Waals surface area contributed by atoms with Gasteiger partial charge in [-0.25, -0.2) is 0 Å². The Kier molecular flexibility index (Phi) is 4.88. The lowest BCUT2D eigenvalue weighted by Crippen LogP contribution is -2.41. The lowest BCUT2D eigenvalue weighted by Gasteiger charge is -2.36. The Balaban J connectivity index is 2.12. The zero-order valence-electron chi connectivity index (χ0n) is 13.1. The van der Waals surface area contributed by atoms with E-state index in [1.54, 1.807) is 18.2 Å². The van der Waals surface area contributed by atoms with E-state index in [1.807, 2.05) is 0 Å². The van der Waals surface area contributed by atoms with Crippen LogP contribution in [-0.4, -0.2) is 30.0 Å². The first-order valence-corrected chi connectivity index (χ1v) is 7.35. The number of carboxylic acids is 1. The number of anilines is 2. The van der Waals surface area contributed by atoms with Crippen LogP contribution in [0.3, 0.4) is 0 Å². The van der Waals surface area contributed by atoms with E-state index < -0.39 is 11.4 Å². The summed E-state index contributed by atoms with van der Waals surface area (Å²) in [6, 6.07) is 4.85. The van der Waals surface area contributed by atoms with Crippen LogP contribution in [-0.2, 0) is 14.4 Å². The molecule has 0 heterocycles. The van der Waals surface area contributed by atoms with Gasteiger partial charge in [-0.1, -0.05) is 6.42 Å². The smallest absolute Gasteiger partial charge is 0.310 e. The van der Waals surface area contributed by atoms with Crippen LogP contribution in [0.25, 0.3) is 0 Å². The van der Waals surface area contributed by atoms with Crippen molar-refractivity contribution in [1.29, 1.82) is 0 Å². The Hall–Kier alpha value is -2.57. The second-order valence-electron chi connectivity index (χ2n) is 5.76. The molecule has 0 spiro atoms. The summed E-state index contributed by atoms with van der Waals surface area (Å²) in [6.07, 6.45) is 1.77. The third-order valence-electron chi connectivity index (χ3n) is 4.06. The Morgan fingerprint density at radius 1 is 1.26 bits per heavy atom. The Labute approximate surface area is 134 Å². The highest BCUT2D eigenvalue weighted by Crippen LogP contribution is 2.44. The summed E-state index contributed by atoms with van der Waals surface area (Å²) in [6.45, 7) is 1.38. The van der Waals surface area contributed by atoms with Gasteiger partial charge < -0.3 is 20.5 Å². The molecule has 0 bridgehead atoms. The molecule has 1 saturated carbocycles. The van der Waals surface area contributed by atoms with Crippen molar-refractivity contribution < 1.29 is 24.2 Å². The van der Waals surface area contributed by atoms with Crippen molar-refractivity contribution in [3.63, 3.8) is 0 Å². The van der Waals surface area contributed by atoms with Crippen LogP contribution in [0.4, 0.5) is 11.4 Å². The minimum absolute atomic E-state index is 0.0736. The van der Waals surface area contributed by atoms with E-state index in [9.17, 15) is 19.5 Å². The number of carbonyl (C=O) groups is 3. The lowest BCUT2D eigenvalue weighted by atomic mass is 9.66. The first kappa shape index (κ1) is 16.8. The number of rotatable bonds is 6. The summed E-state index contributed by atoms with van der Waals surface area (Å²) >= 11 is 0. The number of carbonyl (C=O) groups excluding carboxylic acids is 2. The Morgan fingerprint density at radius 3 is 2.43 bits per heavy atom. The zero-order valence-corrected chi connectivity index (χ0v) is 13.1. The van der Waals surface area contributed by atoms with Gasteiger partial charge in [0.25, 0.3) is 0 Å². The third kappa shape index (κ3) is 3.80. The molecule has 2 rings (SSSR count). The molecule has 0 atom stereocenters. The van der Waals surface area contributed by atoms with Crippen molar-refractivity contribution in [3.05, 3.63) is 18.2 Å². The highest BCUT2D eigenvalue weighted by Gasteiger charge is 2.45. The van der Waals surface area contributed by atoms with Gasteiger partial charge in [0.2, 0.25) is 11.8 Å². The van der Waals surface area contributed by atoms with Gasteiger partial charge >= 0.3 is 5.97 Å². The van der Waals surface area contributed by atoms with Gasteiger partial charge in [0.1, 0.15) is 5.75 Å². The first-order chi connectivity index (χ1) is 10.9. The van der Waals surface area contributed by atoms with Gasteiger partial charge in [-0.05, 0) is 31.0 Å². The SMILES string of the molecule is COc1ccc(NC(C)=O)cc1NC(=O)CC1(C(=O)O)CCC1. The molecular weight excluding hydrogens is 300 g/mol. The van der Waals surface area contributed by atoms with Gasteiger partial charge in [0.05, 0.1) is 18.2 Å². The van der Waals surface area contributed by atoms with Crippen LogP contribution in [0.2, 0.25) is 0 Å². The number of methoxy groups -OCH3 is 1. The normalized spacial score (nSPS) is 15.2. The fraction of sp³-hybridized carbons (Fsp3) is 0.438. The fourth-order valence-corrected chi connectivity index (χ4v) is 2.66. The standard InChI is InChI=1S/C16H20N2O5/c1-10(19)17-11-4-5-13(23-2)12(8-11)18-14(20)9-16(15(21)22)6-3-7-16/h4-5,8H,3,6-7,9H2,1-2H3,(H,17,19)(H,18,20)(H,21,22). The molecule has 0 radical (unpaired) electrons. The maximum absolute atomic E-state index is 12.2. The van der Waals surface area contributed by atoms with E-state index in [4.69, 9.17) is 4.74 Å². The monoisotopic (exact) mass is 320 g/mol. The number of amides is 2. The third-order valence-corrected chi connectivity index (χ3v) is 4.06. The molecule has 7 nitrogen and oxygen atoms in total. The van der Waals surface area contributed by atoms with Gasteiger partial charge in [-0.15, -0.1) is 0 Å². The van der Waals surface area contributed by atoms with Crippen LogP contribution in [0, 0.1) is 5.41 Å². The zero-order chi connectivity index (χ0) is 17.0. The van der Waals surface area contributed by atoms with Crippen molar-refractivity contribution in [2.45, 2.75) is 32.6 Å². The summed E-state index contributed by atoms with van der Waals surface area (Å²) in [4.78, 5) is 34.7. The van der Waals surface area contributed by atoms with Crippen molar-refractivity contribution in [2.75, 3.05) is 17.7 Å². The summed E-state index contributed by atoms with van der Waals surface area (Å²) in [5.74, 6) is -1.11. The van der Waals surface area contributed by atoms with E-state index >= 15 is 0 Å². The molecular formula is C16H20N2O5. The number of hydrogen-bond acceptors (Lipinski definition) is 4. The maximum Gasteiger partial charge on any atom is 0.310 e. The van der Waals surface area contributed by atoms with Crippen LogP contribution in [0.1, 0.15) is 32.6 Å². The molecule has 1 fully saturated rings. The molecule has 7 heteroatoms. The predicted molar refractivity (Wildman–Crippen MR) is 84.5 cm³/mol. The summed E-state index contributed by atoms with van der Waals surface area (Å²) < 4.78 is 5.18. The quantitative estimate of drug-likeness (QED) is 0.745. The molecule has 1 aliphatic carbocycles. The van der Waals surface area contributed by atoms with Crippen LogP contribution in [0.15, 0.2) is 18.2 Å². The van der Waals surface area contributed by atoms with Crippen molar-refractivity contribution in [1.82, 2.24) is 0 Å². The molecule has 1 aliphatic rings. The molecule has 2 amide bonds. The highest BCUT2D eigenvalue weighted by molar-refractivity contribution is 5.97. The number of ether oxygens (including phenoxy) is 1. The van der Waals surface area contributed by atoms with E-state index in [0.717, 1.165) is 6.42 Å². The van der Waals surface area contributed by atoms with Crippen molar-refractivity contribution >= 4 is 29.2 Å². The minimum atomic E-state index is -0.952. The van der Waals surface area contributed by atoms with Crippen LogP contribution >= 0.6 is 0 Å². The van der Waals surface area contributed by atoms with Crippen molar-refractivity contribution in [3.8, 4) is 5.75 Å². The molecule has 23 heavy (non-hydrogen) atoms. The summed E-state index contributed by atoms with van der Waals surface area (Å²) in [5.41, 5.74) is -0.0409. The molecule has 1 aromatic rings. The second kappa shape index (κ2) is 6.68. The minimum Gasteiger partial charge on any atom is -0.495 e. The number of carboxylic acid groups (broad SMARTS) is 1. The number of nitrogens with one attached hydrogen (secondary N) is 2. The first-order valence-electron chi connectivity index (χ1n) is 7.35. The Morgan fingerprint density at radius 2 is 1.96 bits per heavy atom. The van der Waals surface area contributed by atoms with Gasteiger partial charge in [-0.3, -0.25) is 14.4 Å². The van der Waals surface area contributed by atoms with E-state index in [1.165, 1.54) is 14.0 Å². The topological polar surface area (TPSA) is 105 Å². The lowest BCUT2D eigenvalue weighted by molar-refractivity contribution is -0.157. The highest BCUT2D eigenvalue weighted by atomic mass is 16.5. The number of benzene rings is 1. The average molecular weight is 320 g/mol. The molecule has 124 valence electrons. The van der Waals surface area contributed by atoms with Gasteiger partial charge in [-0.2, -0.15) is 0 Å².